The Kier molecular flexibility index (Phi) is 4.07. The van der Waals surface area contributed by atoms with Gasteiger partial charge in [-0.15, -0.1) is 11.8 Å². The van der Waals surface area contributed by atoms with Gasteiger partial charge in [0.2, 0.25) is 0 Å². The number of nitriles is 1. The molecular weight excluding hydrogens is 182 g/mol. The lowest BCUT2D eigenvalue weighted by molar-refractivity contribution is -0.115. The van der Waals surface area contributed by atoms with E-state index in [4.69, 9.17) is 5.26 Å². The maximum atomic E-state index is 11.0. The molecule has 13 heavy (non-hydrogen) atoms. The van der Waals surface area contributed by atoms with Gasteiger partial charge in [0.1, 0.15) is 0 Å². The van der Waals surface area contributed by atoms with Crippen LogP contribution in [0.15, 0.2) is 35.2 Å². The predicted octanol–water partition coefficient (Wildman–Crippen LogP) is 2.26. The Balaban J connectivity index is 2.36. The van der Waals surface area contributed by atoms with Crippen molar-refractivity contribution < 1.29 is 4.79 Å². The van der Waals surface area contributed by atoms with Crippen LogP contribution in [-0.2, 0) is 4.79 Å². The van der Waals surface area contributed by atoms with Gasteiger partial charge in [0, 0.05) is 4.90 Å². The molecule has 1 aromatic rings. The van der Waals surface area contributed by atoms with Crippen LogP contribution in [0.1, 0.15) is 6.42 Å². The lowest BCUT2D eigenvalue weighted by Gasteiger charge is -1.97. The molecule has 0 unspecified atom stereocenters. The summed E-state index contributed by atoms with van der Waals surface area (Å²) in [5.41, 5.74) is 0. The minimum absolute atomic E-state index is 0.0137. The molecule has 1 rings (SSSR count). The van der Waals surface area contributed by atoms with E-state index in [-0.39, 0.29) is 12.2 Å². The second kappa shape index (κ2) is 5.39. The van der Waals surface area contributed by atoms with Gasteiger partial charge in [0.15, 0.2) is 5.78 Å². The summed E-state index contributed by atoms with van der Waals surface area (Å²) in [5.74, 6) is 0.369. The topological polar surface area (TPSA) is 40.9 Å². The third kappa shape index (κ3) is 3.77. The van der Waals surface area contributed by atoms with Crippen LogP contribution in [0.25, 0.3) is 0 Å². The van der Waals surface area contributed by atoms with Gasteiger partial charge in [-0.2, -0.15) is 5.26 Å². The largest absolute Gasteiger partial charge is 0.298 e. The molecule has 0 bridgehead atoms. The molecule has 0 fully saturated rings. The summed E-state index contributed by atoms with van der Waals surface area (Å²) in [7, 11) is 0. The van der Waals surface area contributed by atoms with E-state index in [1.54, 1.807) is 0 Å². The van der Waals surface area contributed by atoms with E-state index in [9.17, 15) is 4.79 Å². The number of nitrogens with zero attached hydrogens (tertiary/aromatic N) is 1. The van der Waals surface area contributed by atoms with Crippen molar-refractivity contribution in [2.75, 3.05) is 5.75 Å². The van der Waals surface area contributed by atoms with Gasteiger partial charge in [-0.05, 0) is 12.1 Å². The first-order chi connectivity index (χ1) is 6.33. The van der Waals surface area contributed by atoms with Crippen LogP contribution in [0.5, 0.6) is 0 Å². The molecule has 0 atom stereocenters. The Morgan fingerprint density at radius 1 is 1.38 bits per heavy atom. The number of benzene rings is 1. The number of rotatable bonds is 4. The third-order valence-corrected chi connectivity index (χ3v) is 2.49. The number of Topliss-reactive ketones (excluding diaryl/α,β-unsaturated/α-hetero) is 1. The molecule has 0 radical (unpaired) electrons. The molecule has 66 valence electrons. The normalized spacial score (nSPS) is 9.15. The highest BCUT2D eigenvalue weighted by Gasteiger charge is 2.01. The van der Waals surface area contributed by atoms with Gasteiger partial charge >= 0.3 is 0 Å². The fraction of sp³-hybridized carbons (Fsp3) is 0.200. The quantitative estimate of drug-likeness (QED) is 0.685. The van der Waals surface area contributed by atoms with Gasteiger partial charge in [-0.25, -0.2) is 0 Å². The van der Waals surface area contributed by atoms with Crippen molar-refractivity contribution in [2.45, 2.75) is 11.3 Å². The van der Waals surface area contributed by atoms with E-state index in [0.717, 1.165) is 4.90 Å². The molecule has 0 aliphatic heterocycles. The van der Waals surface area contributed by atoms with Gasteiger partial charge in [0.25, 0.3) is 0 Å². The van der Waals surface area contributed by atoms with Crippen LogP contribution in [0.4, 0.5) is 0 Å². The average molecular weight is 191 g/mol. The van der Waals surface area contributed by atoms with Crippen molar-refractivity contribution in [3.05, 3.63) is 30.3 Å². The number of ketones is 1. The van der Waals surface area contributed by atoms with Gasteiger partial charge in [0.05, 0.1) is 18.2 Å². The molecule has 0 amide bonds. The highest BCUT2D eigenvalue weighted by Crippen LogP contribution is 2.16. The zero-order valence-electron chi connectivity index (χ0n) is 7.06. The SMILES string of the molecule is N#CCC(=O)CSc1ccccc1. The van der Waals surface area contributed by atoms with Crippen molar-refractivity contribution in [3.63, 3.8) is 0 Å². The molecule has 1 aromatic carbocycles. The second-order valence-electron chi connectivity index (χ2n) is 2.48. The number of thioether (sulfide) groups is 1. The molecule has 0 N–H and O–H groups in total. The first-order valence-electron chi connectivity index (χ1n) is 3.89. The van der Waals surface area contributed by atoms with Crippen LogP contribution in [0.3, 0.4) is 0 Å². The summed E-state index contributed by atoms with van der Waals surface area (Å²) in [6, 6.07) is 11.5. The summed E-state index contributed by atoms with van der Waals surface area (Å²) in [6.07, 6.45) is 0.0137. The molecule has 0 saturated heterocycles. The third-order valence-electron chi connectivity index (χ3n) is 1.42. The number of carbonyl (C=O) groups is 1. The predicted molar refractivity (Wildman–Crippen MR) is 52.4 cm³/mol. The minimum Gasteiger partial charge on any atom is -0.298 e. The molecule has 3 heteroatoms. The summed E-state index contributed by atoms with van der Waals surface area (Å²) < 4.78 is 0. The molecule has 0 aliphatic rings. The highest BCUT2D eigenvalue weighted by atomic mass is 32.2. The van der Waals surface area contributed by atoms with Gasteiger partial charge in [-0.1, -0.05) is 18.2 Å². The Hall–Kier alpha value is -1.27. The van der Waals surface area contributed by atoms with E-state index < -0.39 is 0 Å². The maximum Gasteiger partial charge on any atom is 0.157 e. The Labute approximate surface area is 81.6 Å². The summed E-state index contributed by atoms with van der Waals surface area (Å²) in [5, 5.41) is 8.25. The van der Waals surface area contributed by atoms with E-state index in [2.05, 4.69) is 0 Å². The number of hydrogen-bond acceptors (Lipinski definition) is 3. The second-order valence-corrected chi connectivity index (χ2v) is 3.52. The molecule has 0 spiro atoms. The first-order valence-corrected chi connectivity index (χ1v) is 4.88. The van der Waals surface area contributed by atoms with E-state index in [1.165, 1.54) is 11.8 Å². The smallest absolute Gasteiger partial charge is 0.157 e. The molecule has 0 aromatic heterocycles. The summed E-state index contributed by atoms with van der Waals surface area (Å²) in [4.78, 5) is 12.0. The van der Waals surface area contributed by atoms with Crippen molar-refractivity contribution in [1.82, 2.24) is 0 Å². The highest BCUT2D eigenvalue weighted by molar-refractivity contribution is 8.00. The Bertz CT molecular complexity index is 315. The zero-order valence-corrected chi connectivity index (χ0v) is 7.88. The average Bonchev–Trinajstić information content (AvgIpc) is 2.17. The number of hydrogen-bond donors (Lipinski definition) is 0. The van der Waals surface area contributed by atoms with E-state index in [0.29, 0.717) is 5.75 Å². The van der Waals surface area contributed by atoms with Gasteiger partial charge < -0.3 is 0 Å². The van der Waals surface area contributed by atoms with Crippen LogP contribution < -0.4 is 0 Å². The molecule has 2 nitrogen and oxygen atoms in total. The molecule has 0 saturated carbocycles. The molecule has 0 heterocycles. The molecular formula is C10H9NOS. The van der Waals surface area contributed by atoms with Gasteiger partial charge in [-0.3, -0.25) is 4.79 Å². The summed E-state index contributed by atoms with van der Waals surface area (Å²) in [6.45, 7) is 0. The first kappa shape index (κ1) is 9.82. The van der Waals surface area contributed by atoms with Crippen molar-refractivity contribution in [3.8, 4) is 6.07 Å². The van der Waals surface area contributed by atoms with Crippen LogP contribution in [-0.4, -0.2) is 11.5 Å². The Morgan fingerprint density at radius 2 is 2.08 bits per heavy atom. The zero-order chi connectivity index (χ0) is 9.52. The van der Waals surface area contributed by atoms with Crippen molar-refractivity contribution in [2.24, 2.45) is 0 Å². The monoisotopic (exact) mass is 191 g/mol. The fourth-order valence-corrected chi connectivity index (χ4v) is 1.60. The van der Waals surface area contributed by atoms with Crippen molar-refractivity contribution in [1.29, 1.82) is 5.26 Å². The Morgan fingerprint density at radius 3 is 2.69 bits per heavy atom. The maximum absolute atomic E-state index is 11.0. The standard InChI is InChI=1S/C10H9NOS/c11-7-6-9(12)8-13-10-4-2-1-3-5-10/h1-5H,6,8H2. The van der Waals surface area contributed by atoms with Crippen LogP contribution in [0.2, 0.25) is 0 Å². The molecule has 0 aliphatic carbocycles. The van der Waals surface area contributed by atoms with Crippen molar-refractivity contribution >= 4 is 17.5 Å². The lowest BCUT2D eigenvalue weighted by Crippen LogP contribution is -1.98. The van der Waals surface area contributed by atoms with E-state index >= 15 is 0 Å². The summed E-state index contributed by atoms with van der Waals surface area (Å²) >= 11 is 1.47. The minimum atomic E-state index is -0.0173. The fourth-order valence-electron chi connectivity index (χ4n) is 0.820. The van der Waals surface area contributed by atoms with E-state index in [1.807, 2.05) is 36.4 Å². The lowest BCUT2D eigenvalue weighted by atomic mass is 10.3. The van der Waals surface area contributed by atoms with Crippen LogP contribution in [0, 0.1) is 11.3 Å². The number of carbonyl (C=O) groups excluding carboxylic acids is 1. The van der Waals surface area contributed by atoms with Crippen LogP contribution >= 0.6 is 11.8 Å².